The van der Waals surface area contributed by atoms with Crippen molar-refractivity contribution in [2.45, 2.75) is 58.8 Å². The van der Waals surface area contributed by atoms with Gasteiger partial charge in [0.2, 0.25) is 0 Å². The Morgan fingerprint density at radius 2 is 2.00 bits per heavy atom. The SMILES string of the molecule is CC(C)NCc1ccccc1CN1CCCC1C. The van der Waals surface area contributed by atoms with Crippen LogP contribution in [0.2, 0.25) is 0 Å². The first kappa shape index (κ1) is 13.6. The third kappa shape index (κ3) is 3.56. The van der Waals surface area contributed by atoms with Gasteiger partial charge in [0.25, 0.3) is 0 Å². The monoisotopic (exact) mass is 246 g/mol. The summed E-state index contributed by atoms with van der Waals surface area (Å²) in [6.07, 6.45) is 2.71. The number of benzene rings is 1. The van der Waals surface area contributed by atoms with E-state index < -0.39 is 0 Å². The van der Waals surface area contributed by atoms with E-state index in [1.807, 2.05) is 0 Å². The molecule has 2 nitrogen and oxygen atoms in total. The topological polar surface area (TPSA) is 15.3 Å². The summed E-state index contributed by atoms with van der Waals surface area (Å²) in [6, 6.07) is 10.1. The van der Waals surface area contributed by atoms with E-state index in [2.05, 4.69) is 55.3 Å². The largest absolute Gasteiger partial charge is 0.310 e. The molecule has 0 aliphatic carbocycles. The predicted molar refractivity (Wildman–Crippen MR) is 77.5 cm³/mol. The summed E-state index contributed by atoms with van der Waals surface area (Å²) < 4.78 is 0. The molecule has 1 fully saturated rings. The third-order valence-electron chi connectivity index (χ3n) is 3.88. The molecule has 2 rings (SSSR count). The number of nitrogens with one attached hydrogen (secondary N) is 1. The fourth-order valence-electron chi connectivity index (χ4n) is 2.64. The molecule has 0 amide bonds. The Bertz CT molecular complexity index is 373. The van der Waals surface area contributed by atoms with E-state index in [0.29, 0.717) is 6.04 Å². The minimum atomic E-state index is 0.545. The van der Waals surface area contributed by atoms with Crippen molar-refractivity contribution in [2.24, 2.45) is 0 Å². The van der Waals surface area contributed by atoms with Crippen LogP contribution in [0.4, 0.5) is 0 Å². The van der Waals surface area contributed by atoms with Gasteiger partial charge in [-0.05, 0) is 37.4 Å². The molecule has 0 bridgehead atoms. The van der Waals surface area contributed by atoms with Gasteiger partial charge in [-0.3, -0.25) is 4.90 Å². The molecular weight excluding hydrogens is 220 g/mol. The normalized spacial score (nSPS) is 20.8. The van der Waals surface area contributed by atoms with Gasteiger partial charge in [0.05, 0.1) is 0 Å². The molecule has 0 saturated carbocycles. The molecule has 100 valence electrons. The lowest BCUT2D eigenvalue weighted by molar-refractivity contribution is 0.259. The number of rotatable bonds is 5. The van der Waals surface area contributed by atoms with Crippen LogP contribution < -0.4 is 5.32 Å². The lowest BCUT2D eigenvalue weighted by Gasteiger charge is -2.23. The standard InChI is InChI=1S/C16H26N2/c1-13(2)17-11-15-8-4-5-9-16(15)12-18-10-6-7-14(18)3/h4-5,8-9,13-14,17H,6-7,10-12H2,1-3H3. The number of likely N-dealkylation sites (tertiary alicyclic amines) is 1. The number of hydrogen-bond donors (Lipinski definition) is 1. The maximum Gasteiger partial charge on any atom is 0.0239 e. The van der Waals surface area contributed by atoms with Crippen molar-refractivity contribution in [1.29, 1.82) is 0 Å². The van der Waals surface area contributed by atoms with E-state index >= 15 is 0 Å². The smallest absolute Gasteiger partial charge is 0.0239 e. The van der Waals surface area contributed by atoms with Crippen molar-refractivity contribution in [3.8, 4) is 0 Å². The van der Waals surface area contributed by atoms with Crippen LogP contribution in [0.25, 0.3) is 0 Å². The van der Waals surface area contributed by atoms with Crippen molar-refractivity contribution in [3.05, 3.63) is 35.4 Å². The molecule has 1 unspecified atom stereocenters. The molecule has 1 saturated heterocycles. The summed E-state index contributed by atoms with van der Waals surface area (Å²) >= 11 is 0. The molecular formula is C16H26N2. The predicted octanol–water partition coefficient (Wildman–Crippen LogP) is 3.17. The van der Waals surface area contributed by atoms with Crippen LogP contribution in [0, 0.1) is 0 Å². The maximum absolute atomic E-state index is 3.52. The highest BCUT2D eigenvalue weighted by Crippen LogP contribution is 2.21. The molecule has 1 aromatic rings. The Morgan fingerprint density at radius 1 is 1.28 bits per heavy atom. The van der Waals surface area contributed by atoms with E-state index in [4.69, 9.17) is 0 Å². The Kier molecular flexibility index (Phi) is 4.79. The average molecular weight is 246 g/mol. The van der Waals surface area contributed by atoms with Crippen molar-refractivity contribution < 1.29 is 0 Å². The van der Waals surface area contributed by atoms with E-state index in [9.17, 15) is 0 Å². The summed E-state index contributed by atoms with van der Waals surface area (Å²) in [5.41, 5.74) is 2.93. The minimum absolute atomic E-state index is 0.545. The van der Waals surface area contributed by atoms with Crippen LogP contribution in [0.15, 0.2) is 24.3 Å². The second-order valence-electron chi connectivity index (χ2n) is 5.77. The van der Waals surface area contributed by atoms with Crippen molar-refractivity contribution >= 4 is 0 Å². The Balaban J connectivity index is 2.02. The van der Waals surface area contributed by atoms with Gasteiger partial charge in [-0.1, -0.05) is 38.1 Å². The Hall–Kier alpha value is -0.860. The molecule has 1 aromatic carbocycles. The van der Waals surface area contributed by atoms with Crippen LogP contribution in [0.3, 0.4) is 0 Å². The van der Waals surface area contributed by atoms with Crippen molar-refractivity contribution in [1.82, 2.24) is 10.2 Å². The zero-order valence-electron chi connectivity index (χ0n) is 11.9. The zero-order valence-corrected chi connectivity index (χ0v) is 11.9. The molecule has 0 spiro atoms. The van der Waals surface area contributed by atoms with E-state index in [1.54, 1.807) is 0 Å². The van der Waals surface area contributed by atoms with Gasteiger partial charge >= 0.3 is 0 Å². The highest BCUT2D eigenvalue weighted by Gasteiger charge is 2.20. The van der Waals surface area contributed by atoms with E-state index in [1.165, 1.54) is 30.5 Å². The highest BCUT2D eigenvalue weighted by molar-refractivity contribution is 5.27. The summed E-state index contributed by atoms with van der Waals surface area (Å²) in [5.74, 6) is 0. The van der Waals surface area contributed by atoms with Gasteiger partial charge in [-0.25, -0.2) is 0 Å². The first-order valence-corrected chi connectivity index (χ1v) is 7.21. The van der Waals surface area contributed by atoms with Crippen LogP contribution >= 0.6 is 0 Å². The van der Waals surface area contributed by atoms with Gasteiger partial charge in [0.1, 0.15) is 0 Å². The fraction of sp³-hybridized carbons (Fsp3) is 0.625. The fourth-order valence-corrected chi connectivity index (χ4v) is 2.64. The molecule has 1 atom stereocenters. The maximum atomic E-state index is 3.52. The summed E-state index contributed by atoms with van der Waals surface area (Å²) in [6.45, 7) is 10.1. The van der Waals surface area contributed by atoms with Gasteiger partial charge in [-0.2, -0.15) is 0 Å². The zero-order chi connectivity index (χ0) is 13.0. The van der Waals surface area contributed by atoms with Gasteiger partial charge in [0.15, 0.2) is 0 Å². The second-order valence-corrected chi connectivity index (χ2v) is 5.77. The second kappa shape index (κ2) is 6.35. The molecule has 1 aliphatic rings. The number of nitrogens with zero attached hydrogens (tertiary/aromatic N) is 1. The average Bonchev–Trinajstić information content (AvgIpc) is 2.74. The summed E-state index contributed by atoms with van der Waals surface area (Å²) in [5, 5.41) is 3.52. The molecule has 18 heavy (non-hydrogen) atoms. The Morgan fingerprint density at radius 3 is 2.61 bits per heavy atom. The molecule has 0 aromatic heterocycles. The number of hydrogen-bond acceptors (Lipinski definition) is 2. The Labute approximate surface area is 111 Å². The molecule has 1 N–H and O–H groups in total. The first-order chi connectivity index (χ1) is 8.66. The van der Waals surface area contributed by atoms with Gasteiger partial charge < -0.3 is 5.32 Å². The van der Waals surface area contributed by atoms with Crippen molar-refractivity contribution in [2.75, 3.05) is 6.54 Å². The van der Waals surface area contributed by atoms with Crippen LogP contribution in [0.1, 0.15) is 44.7 Å². The molecule has 1 heterocycles. The molecule has 2 heteroatoms. The van der Waals surface area contributed by atoms with Gasteiger partial charge in [-0.15, -0.1) is 0 Å². The lowest BCUT2D eigenvalue weighted by Crippen LogP contribution is -2.28. The van der Waals surface area contributed by atoms with Gasteiger partial charge in [0, 0.05) is 25.2 Å². The quantitative estimate of drug-likeness (QED) is 0.858. The highest BCUT2D eigenvalue weighted by atomic mass is 15.2. The molecule has 0 radical (unpaired) electrons. The molecule has 1 aliphatic heterocycles. The van der Waals surface area contributed by atoms with Crippen molar-refractivity contribution in [3.63, 3.8) is 0 Å². The summed E-state index contributed by atoms with van der Waals surface area (Å²) in [7, 11) is 0. The summed E-state index contributed by atoms with van der Waals surface area (Å²) in [4.78, 5) is 2.61. The minimum Gasteiger partial charge on any atom is -0.310 e. The van der Waals surface area contributed by atoms with E-state index in [0.717, 1.165) is 19.1 Å². The van der Waals surface area contributed by atoms with Crippen LogP contribution in [0.5, 0.6) is 0 Å². The lowest BCUT2D eigenvalue weighted by atomic mass is 10.1. The van der Waals surface area contributed by atoms with E-state index in [-0.39, 0.29) is 0 Å². The third-order valence-corrected chi connectivity index (χ3v) is 3.88. The van der Waals surface area contributed by atoms with Crippen LogP contribution in [-0.2, 0) is 13.1 Å². The van der Waals surface area contributed by atoms with Crippen LogP contribution in [-0.4, -0.2) is 23.5 Å². The first-order valence-electron chi connectivity index (χ1n) is 7.21.